The lowest BCUT2D eigenvalue weighted by Gasteiger charge is -2.43. The molecular weight excluding hydrogens is 630 g/mol. The summed E-state index contributed by atoms with van der Waals surface area (Å²) in [5, 5.41) is 11.9. The van der Waals surface area contributed by atoms with Crippen LogP contribution in [0.15, 0.2) is 42.5 Å². The third-order valence-electron chi connectivity index (χ3n) is 8.33. The molecule has 1 saturated heterocycles. The topological polar surface area (TPSA) is 168 Å². The van der Waals surface area contributed by atoms with Crippen molar-refractivity contribution < 1.29 is 57.2 Å². The first-order chi connectivity index (χ1) is 22.1. The highest BCUT2D eigenvalue weighted by Crippen LogP contribution is 2.61. The maximum Gasteiger partial charge on any atom is 0.346 e. The number of carbonyl (C=O) groups is 3. The molecule has 240 valence electrons. The fourth-order valence-electron chi connectivity index (χ4n) is 6.30. The summed E-state index contributed by atoms with van der Waals surface area (Å²) in [6.45, 7) is -0.358. The maximum absolute atomic E-state index is 13.9. The van der Waals surface area contributed by atoms with Crippen molar-refractivity contribution in [2.75, 3.05) is 41.8 Å². The fourth-order valence-corrected chi connectivity index (χ4v) is 6.77. The second kappa shape index (κ2) is 11.6. The van der Waals surface area contributed by atoms with Crippen molar-refractivity contribution in [1.29, 1.82) is 0 Å². The highest BCUT2D eigenvalue weighted by molar-refractivity contribution is 6.36. The smallest absolute Gasteiger partial charge is 0.346 e. The molecule has 14 nitrogen and oxygen atoms in total. The minimum Gasteiger partial charge on any atom is -0.493 e. The van der Waals surface area contributed by atoms with Gasteiger partial charge in [0.15, 0.2) is 33.4 Å². The largest absolute Gasteiger partial charge is 0.493 e. The SMILES string of the molecule is COC(=O)c1cccc([N+](=O)[O-])c1C(=O)O[C@H]1c2cc3c(cc2[C@@H](c2cc(OC)c(OC)c(OC)c2)[C@@]2(Cl)C(=O)OC[C@H]12)OCO3. The minimum atomic E-state index is -1.87. The van der Waals surface area contributed by atoms with Crippen LogP contribution in [0.2, 0.25) is 0 Å². The van der Waals surface area contributed by atoms with Crippen molar-refractivity contribution >= 4 is 35.2 Å². The van der Waals surface area contributed by atoms with Crippen molar-refractivity contribution in [2.45, 2.75) is 16.9 Å². The van der Waals surface area contributed by atoms with Gasteiger partial charge in [-0.1, -0.05) is 6.07 Å². The zero-order valence-corrected chi connectivity index (χ0v) is 25.6. The van der Waals surface area contributed by atoms with E-state index in [2.05, 4.69) is 0 Å². The Labute approximate surface area is 266 Å². The number of cyclic esters (lactones) is 1. The molecule has 3 aliphatic rings. The lowest BCUT2D eigenvalue weighted by Crippen LogP contribution is -2.48. The lowest BCUT2D eigenvalue weighted by molar-refractivity contribution is -0.385. The van der Waals surface area contributed by atoms with Gasteiger partial charge in [0.1, 0.15) is 12.7 Å². The van der Waals surface area contributed by atoms with E-state index in [0.717, 1.165) is 13.2 Å². The van der Waals surface area contributed by atoms with Crippen LogP contribution in [0.25, 0.3) is 0 Å². The van der Waals surface area contributed by atoms with Crippen LogP contribution in [-0.4, -0.2) is 69.5 Å². The molecule has 3 aromatic rings. The summed E-state index contributed by atoms with van der Waals surface area (Å²) in [6.07, 6.45) is -1.30. The Hall–Kier alpha value is -5.24. The van der Waals surface area contributed by atoms with Gasteiger partial charge in [0, 0.05) is 17.5 Å². The van der Waals surface area contributed by atoms with Crippen LogP contribution in [-0.2, 0) is 19.0 Å². The van der Waals surface area contributed by atoms with Crippen molar-refractivity contribution in [3.63, 3.8) is 0 Å². The van der Waals surface area contributed by atoms with Crippen LogP contribution in [0.4, 0.5) is 5.69 Å². The summed E-state index contributed by atoms with van der Waals surface area (Å²) in [7, 11) is 5.41. The van der Waals surface area contributed by atoms with E-state index in [0.29, 0.717) is 45.4 Å². The zero-order valence-electron chi connectivity index (χ0n) is 24.8. The quantitative estimate of drug-likeness (QED) is 0.111. The molecule has 1 aliphatic carbocycles. The molecule has 1 fully saturated rings. The molecule has 0 bridgehead atoms. The highest BCUT2D eigenvalue weighted by Gasteiger charge is 2.64. The Morgan fingerprint density at radius 2 is 1.59 bits per heavy atom. The second-order valence-electron chi connectivity index (χ2n) is 10.5. The molecule has 0 aromatic heterocycles. The number of rotatable bonds is 8. The molecule has 46 heavy (non-hydrogen) atoms. The number of esters is 3. The van der Waals surface area contributed by atoms with Gasteiger partial charge >= 0.3 is 17.9 Å². The van der Waals surface area contributed by atoms with Crippen LogP contribution in [0.3, 0.4) is 0 Å². The highest BCUT2D eigenvalue weighted by atomic mass is 35.5. The molecule has 4 atom stereocenters. The van der Waals surface area contributed by atoms with Gasteiger partial charge in [0.2, 0.25) is 12.5 Å². The van der Waals surface area contributed by atoms with Gasteiger partial charge in [0.05, 0.1) is 44.8 Å². The summed E-state index contributed by atoms with van der Waals surface area (Å²) in [5.41, 5.74) is -0.426. The number of nitrogens with zero attached hydrogens (tertiary/aromatic N) is 1. The van der Waals surface area contributed by atoms with E-state index >= 15 is 0 Å². The third kappa shape index (κ3) is 4.59. The number of halogens is 1. The number of alkyl halides is 1. The second-order valence-corrected chi connectivity index (χ2v) is 11.1. The Morgan fingerprint density at radius 1 is 0.935 bits per heavy atom. The van der Waals surface area contributed by atoms with Gasteiger partial charge in [-0.05, 0) is 41.5 Å². The van der Waals surface area contributed by atoms with E-state index < -0.39 is 56.9 Å². The van der Waals surface area contributed by atoms with Crippen LogP contribution >= 0.6 is 11.6 Å². The Bertz CT molecular complexity index is 1770. The van der Waals surface area contributed by atoms with E-state index in [1.54, 1.807) is 24.3 Å². The summed E-state index contributed by atoms with van der Waals surface area (Å²) in [6, 6.07) is 10.0. The summed E-state index contributed by atoms with van der Waals surface area (Å²) in [5.74, 6) is -3.39. The summed E-state index contributed by atoms with van der Waals surface area (Å²) < 4.78 is 44.1. The van der Waals surface area contributed by atoms with E-state index in [9.17, 15) is 24.5 Å². The monoisotopic (exact) mass is 655 g/mol. The predicted molar refractivity (Wildman–Crippen MR) is 156 cm³/mol. The van der Waals surface area contributed by atoms with Crippen molar-refractivity contribution in [3.8, 4) is 28.7 Å². The Balaban J connectivity index is 1.56. The first-order valence-corrected chi connectivity index (χ1v) is 14.1. The molecule has 0 amide bonds. The molecule has 6 rings (SSSR count). The molecule has 0 unspecified atom stereocenters. The van der Waals surface area contributed by atoms with E-state index in [1.807, 2.05) is 0 Å². The molecule has 15 heteroatoms. The average Bonchev–Trinajstić information content (AvgIpc) is 3.65. The molecule has 3 aromatic carbocycles. The number of benzene rings is 3. The van der Waals surface area contributed by atoms with Crippen molar-refractivity contribution in [2.24, 2.45) is 5.92 Å². The normalized spacial score (nSPS) is 22.2. The standard InChI is InChI=1S/C31H26ClNO13/c1-39-22-8-14(9-23(40-2)27(22)41-3)25-16-10-20-21(45-13-44-20)11-17(16)26(18-12-43-30(36)31(18,25)32)46-29(35)24-15(28(34)42-4)6-5-7-19(24)33(37)38/h5-11,18,25-26H,12-13H2,1-4H3/t18-,25-,26+,31-/m1/s1. The van der Waals surface area contributed by atoms with Gasteiger partial charge in [-0.25, -0.2) is 9.59 Å². The van der Waals surface area contributed by atoms with Gasteiger partial charge in [-0.15, -0.1) is 11.6 Å². The molecular formula is C31H26ClNO13. The number of carbonyl (C=O) groups excluding carboxylic acids is 3. The van der Waals surface area contributed by atoms with Gasteiger partial charge < -0.3 is 37.9 Å². The van der Waals surface area contributed by atoms with Crippen LogP contribution < -0.4 is 23.7 Å². The Morgan fingerprint density at radius 3 is 2.17 bits per heavy atom. The number of hydrogen-bond acceptors (Lipinski definition) is 13. The maximum atomic E-state index is 13.9. The van der Waals surface area contributed by atoms with E-state index in [1.165, 1.54) is 33.5 Å². The van der Waals surface area contributed by atoms with Crippen molar-refractivity contribution in [3.05, 3.63) is 80.4 Å². The average molecular weight is 656 g/mol. The minimum absolute atomic E-state index is 0.0896. The lowest BCUT2D eigenvalue weighted by atomic mass is 9.65. The first-order valence-electron chi connectivity index (χ1n) is 13.7. The number of nitro benzene ring substituents is 1. The van der Waals surface area contributed by atoms with E-state index in [4.69, 9.17) is 49.5 Å². The molecule has 0 spiro atoms. The van der Waals surface area contributed by atoms with Crippen LogP contribution in [0.1, 0.15) is 49.4 Å². The molecule has 0 saturated carbocycles. The third-order valence-corrected chi connectivity index (χ3v) is 8.98. The molecule has 2 heterocycles. The predicted octanol–water partition coefficient (Wildman–Crippen LogP) is 4.33. The number of ether oxygens (including phenoxy) is 8. The van der Waals surface area contributed by atoms with Gasteiger partial charge in [-0.3, -0.25) is 14.9 Å². The van der Waals surface area contributed by atoms with Crippen LogP contribution in [0.5, 0.6) is 28.7 Å². The fraction of sp³-hybridized carbons (Fsp3) is 0.323. The molecule has 2 aliphatic heterocycles. The van der Waals surface area contributed by atoms with Gasteiger partial charge in [-0.2, -0.15) is 0 Å². The Kier molecular flexibility index (Phi) is 7.76. The zero-order chi connectivity index (χ0) is 32.9. The van der Waals surface area contributed by atoms with Gasteiger partial charge in [0.25, 0.3) is 5.69 Å². The first kappa shape index (κ1) is 30.8. The van der Waals surface area contributed by atoms with Crippen LogP contribution in [0, 0.1) is 16.0 Å². The van der Waals surface area contributed by atoms with Crippen molar-refractivity contribution in [1.82, 2.24) is 0 Å². The number of methoxy groups -OCH3 is 4. The number of fused-ring (bicyclic) bond motifs is 3. The molecule has 0 radical (unpaired) electrons. The van der Waals surface area contributed by atoms with E-state index in [-0.39, 0.29) is 19.0 Å². The summed E-state index contributed by atoms with van der Waals surface area (Å²) in [4.78, 5) is 49.3. The number of nitro groups is 1. The summed E-state index contributed by atoms with van der Waals surface area (Å²) >= 11 is 7.34. The number of hydrogen-bond donors (Lipinski definition) is 0. The molecule has 0 N–H and O–H groups in total.